The highest BCUT2D eigenvalue weighted by atomic mass is 33.1. The lowest BCUT2D eigenvalue weighted by atomic mass is 10.1. The van der Waals surface area contributed by atoms with Gasteiger partial charge in [0.05, 0.1) is 0 Å². The van der Waals surface area contributed by atoms with E-state index in [2.05, 4.69) is 42.0 Å². The minimum Gasteiger partial charge on any atom is -0.345 e. The molecule has 0 atom stereocenters. The van der Waals surface area contributed by atoms with Crippen molar-refractivity contribution in [3.63, 3.8) is 0 Å². The fourth-order valence-corrected chi connectivity index (χ4v) is 5.00. The van der Waals surface area contributed by atoms with Crippen LogP contribution in [-0.4, -0.2) is 15.7 Å². The van der Waals surface area contributed by atoms with Crippen molar-refractivity contribution >= 4 is 21.6 Å². The minimum atomic E-state index is 0.964. The van der Waals surface area contributed by atoms with Gasteiger partial charge in [0.2, 0.25) is 0 Å². The molecule has 2 aromatic rings. The van der Waals surface area contributed by atoms with Crippen molar-refractivity contribution in [1.82, 2.24) is 9.97 Å². The van der Waals surface area contributed by atoms with Crippen LogP contribution in [0.4, 0.5) is 0 Å². The average Bonchev–Trinajstić information content (AvgIpc) is 3.05. The van der Waals surface area contributed by atoms with E-state index in [4.69, 9.17) is 0 Å². The molecule has 1 N–H and O–H groups in total. The third-order valence-electron chi connectivity index (χ3n) is 3.69. The predicted octanol–water partition coefficient (Wildman–Crippen LogP) is 6.49. The standard InChI is InChI=1S/C18H26N2S2/c1-3-4-5-6-7-8-14-21-22-17-15(2)10-9-11-16(17)18-19-12-13-20-18/h9-13H,3-8,14H2,1-2H3,(H,19,20). The number of rotatable bonds is 10. The minimum absolute atomic E-state index is 0.964. The SMILES string of the molecule is CCCCCCCCSSc1c(C)cccc1-c1ncc[nH]1. The number of benzene rings is 1. The molecule has 1 aromatic heterocycles. The maximum Gasteiger partial charge on any atom is 0.138 e. The summed E-state index contributed by atoms with van der Waals surface area (Å²) >= 11 is 0. The first-order valence-electron chi connectivity index (χ1n) is 8.21. The number of hydrogen-bond donors (Lipinski definition) is 1. The molecule has 0 amide bonds. The van der Waals surface area contributed by atoms with Crippen molar-refractivity contribution in [1.29, 1.82) is 0 Å². The van der Waals surface area contributed by atoms with Gasteiger partial charge in [-0.05, 0) is 18.9 Å². The number of aryl methyl sites for hydroxylation is 1. The summed E-state index contributed by atoms with van der Waals surface area (Å²) in [6, 6.07) is 6.44. The van der Waals surface area contributed by atoms with Gasteiger partial charge in [0, 0.05) is 28.6 Å². The monoisotopic (exact) mass is 334 g/mol. The smallest absolute Gasteiger partial charge is 0.138 e. The largest absolute Gasteiger partial charge is 0.345 e. The number of nitrogens with zero attached hydrogens (tertiary/aromatic N) is 1. The van der Waals surface area contributed by atoms with E-state index in [9.17, 15) is 0 Å². The second kappa shape index (κ2) is 10.0. The zero-order valence-electron chi connectivity index (χ0n) is 13.6. The highest BCUT2D eigenvalue weighted by molar-refractivity contribution is 8.76. The van der Waals surface area contributed by atoms with Crippen LogP contribution >= 0.6 is 21.6 Å². The van der Waals surface area contributed by atoms with E-state index in [1.165, 1.54) is 60.3 Å². The molecular formula is C18H26N2S2. The van der Waals surface area contributed by atoms with E-state index in [0.29, 0.717) is 0 Å². The van der Waals surface area contributed by atoms with Crippen LogP contribution in [0.3, 0.4) is 0 Å². The number of aromatic nitrogens is 2. The van der Waals surface area contributed by atoms with Crippen LogP contribution in [0, 0.1) is 6.92 Å². The van der Waals surface area contributed by atoms with Crippen LogP contribution < -0.4 is 0 Å². The number of hydrogen-bond acceptors (Lipinski definition) is 3. The Morgan fingerprint density at radius 3 is 2.68 bits per heavy atom. The van der Waals surface area contributed by atoms with Gasteiger partial charge in [-0.15, -0.1) is 0 Å². The van der Waals surface area contributed by atoms with Gasteiger partial charge in [0.15, 0.2) is 0 Å². The van der Waals surface area contributed by atoms with E-state index in [1.807, 2.05) is 34.0 Å². The number of unbranched alkanes of at least 4 members (excludes halogenated alkanes) is 5. The van der Waals surface area contributed by atoms with Gasteiger partial charge in [0.1, 0.15) is 5.82 Å². The van der Waals surface area contributed by atoms with Gasteiger partial charge in [-0.1, -0.05) is 78.8 Å². The number of nitrogens with one attached hydrogen (secondary N) is 1. The quantitative estimate of drug-likeness (QED) is 0.398. The van der Waals surface area contributed by atoms with Crippen LogP contribution in [0.1, 0.15) is 51.0 Å². The molecule has 1 aromatic carbocycles. The summed E-state index contributed by atoms with van der Waals surface area (Å²) in [5.74, 6) is 2.19. The van der Waals surface area contributed by atoms with Gasteiger partial charge in [-0.25, -0.2) is 4.98 Å². The van der Waals surface area contributed by atoms with Crippen LogP contribution in [0.5, 0.6) is 0 Å². The molecule has 0 saturated carbocycles. The molecule has 1 heterocycles. The first-order chi connectivity index (χ1) is 10.8. The fourth-order valence-electron chi connectivity index (χ4n) is 2.40. The van der Waals surface area contributed by atoms with E-state index in [0.717, 1.165) is 5.82 Å². The van der Waals surface area contributed by atoms with E-state index < -0.39 is 0 Å². The Morgan fingerprint density at radius 2 is 1.91 bits per heavy atom. The molecule has 0 radical (unpaired) electrons. The van der Waals surface area contributed by atoms with Gasteiger partial charge in [-0.3, -0.25) is 0 Å². The Balaban J connectivity index is 1.80. The van der Waals surface area contributed by atoms with Gasteiger partial charge >= 0.3 is 0 Å². The molecular weight excluding hydrogens is 308 g/mol. The maximum absolute atomic E-state index is 4.40. The third-order valence-corrected chi connectivity index (χ3v) is 6.32. The molecule has 120 valence electrons. The highest BCUT2D eigenvalue weighted by Crippen LogP contribution is 2.39. The second-order valence-corrected chi connectivity index (χ2v) is 7.99. The van der Waals surface area contributed by atoms with Crippen LogP contribution in [0.25, 0.3) is 11.4 Å². The molecule has 0 aliphatic rings. The zero-order chi connectivity index (χ0) is 15.6. The van der Waals surface area contributed by atoms with Crippen molar-refractivity contribution in [2.24, 2.45) is 0 Å². The average molecular weight is 335 g/mol. The molecule has 0 aliphatic carbocycles. The molecule has 0 bridgehead atoms. The Hall–Kier alpha value is -0.870. The lowest BCUT2D eigenvalue weighted by Gasteiger charge is -2.10. The van der Waals surface area contributed by atoms with Gasteiger partial charge in [-0.2, -0.15) is 0 Å². The summed E-state index contributed by atoms with van der Waals surface area (Å²) in [6.07, 6.45) is 11.9. The maximum atomic E-state index is 4.40. The van der Waals surface area contributed by atoms with Crippen LogP contribution in [0.2, 0.25) is 0 Å². The van der Waals surface area contributed by atoms with Crippen molar-refractivity contribution in [2.45, 2.75) is 57.3 Å². The fraction of sp³-hybridized carbons (Fsp3) is 0.500. The Morgan fingerprint density at radius 1 is 1.09 bits per heavy atom. The van der Waals surface area contributed by atoms with Crippen LogP contribution in [0.15, 0.2) is 35.5 Å². The van der Waals surface area contributed by atoms with E-state index in [-0.39, 0.29) is 0 Å². The van der Waals surface area contributed by atoms with Crippen LogP contribution in [-0.2, 0) is 0 Å². The molecule has 0 unspecified atom stereocenters. The first-order valence-corrected chi connectivity index (χ1v) is 10.5. The molecule has 0 fully saturated rings. The third kappa shape index (κ3) is 5.40. The normalized spacial score (nSPS) is 11.0. The zero-order valence-corrected chi connectivity index (χ0v) is 15.2. The van der Waals surface area contributed by atoms with Crippen molar-refractivity contribution < 1.29 is 0 Å². The molecule has 0 aliphatic heterocycles. The predicted molar refractivity (Wildman–Crippen MR) is 100 cm³/mol. The molecule has 22 heavy (non-hydrogen) atoms. The van der Waals surface area contributed by atoms with Crippen molar-refractivity contribution in [3.8, 4) is 11.4 Å². The number of aromatic amines is 1. The summed E-state index contributed by atoms with van der Waals surface area (Å²) in [7, 11) is 3.87. The molecule has 4 heteroatoms. The first kappa shape index (κ1) is 17.5. The molecule has 0 saturated heterocycles. The highest BCUT2D eigenvalue weighted by Gasteiger charge is 2.10. The van der Waals surface area contributed by atoms with Crippen molar-refractivity contribution in [2.75, 3.05) is 5.75 Å². The summed E-state index contributed by atoms with van der Waals surface area (Å²) in [5, 5.41) is 0. The topological polar surface area (TPSA) is 28.7 Å². The van der Waals surface area contributed by atoms with Gasteiger partial charge in [0.25, 0.3) is 0 Å². The van der Waals surface area contributed by atoms with E-state index in [1.54, 1.807) is 0 Å². The molecule has 2 rings (SSSR count). The summed E-state index contributed by atoms with van der Waals surface area (Å²) < 4.78 is 0. The summed E-state index contributed by atoms with van der Waals surface area (Å²) in [5.41, 5.74) is 2.54. The lowest BCUT2D eigenvalue weighted by molar-refractivity contribution is 0.627. The Labute approximate surface area is 142 Å². The number of imidazole rings is 1. The summed E-state index contributed by atoms with van der Waals surface area (Å²) in [6.45, 7) is 4.45. The second-order valence-electron chi connectivity index (χ2n) is 5.56. The molecule has 2 nitrogen and oxygen atoms in total. The Kier molecular flexibility index (Phi) is 7.95. The Bertz CT molecular complexity index is 538. The van der Waals surface area contributed by atoms with Gasteiger partial charge < -0.3 is 4.98 Å². The summed E-state index contributed by atoms with van der Waals surface area (Å²) in [4.78, 5) is 8.96. The molecule has 0 spiro atoms. The lowest BCUT2D eigenvalue weighted by Crippen LogP contribution is -1.87. The van der Waals surface area contributed by atoms with Crippen molar-refractivity contribution in [3.05, 3.63) is 36.2 Å². The number of H-pyrrole nitrogens is 1. The van der Waals surface area contributed by atoms with E-state index >= 15 is 0 Å².